The van der Waals surface area contributed by atoms with E-state index in [4.69, 9.17) is 0 Å². The lowest BCUT2D eigenvalue weighted by Crippen LogP contribution is -2.21. The van der Waals surface area contributed by atoms with E-state index >= 15 is 0 Å². The summed E-state index contributed by atoms with van der Waals surface area (Å²) in [6.07, 6.45) is 0. The monoisotopic (exact) mass is 296 g/mol. The third-order valence-corrected chi connectivity index (χ3v) is 4.01. The molecule has 0 spiro atoms. The van der Waals surface area contributed by atoms with E-state index < -0.39 is 0 Å². The number of hydrogen-bond acceptors (Lipinski definition) is 2. The van der Waals surface area contributed by atoms with Crippen LogP contribution in [0.3, 0.4) is 0 Å². The van der Waals surface area contributed by atoms with Crippen LogP contribution in [0.5, 0.6) is 0 Å². The zero-order chi connectivity index (χ0) is 16.3. The van der Waals surface area contributed by atoms with Crippen molar-refractivity contribution < 1.29 is 4.79 Å². The van der Waals surface area contributed by atoms with E-state index in [1.807, 2.05) is 24.3 Å². The van der Waals surface area contributed by atoms with E-state index in [-0.39, 0.29) is 5.91 Å². The lowest BCUT2D eigenvalue weighted by molar-refractivity contribution is 0.0827. The third kappa shape index (κ3) is 3.55. The molecule has 0 radical (unpaired) electrons. The van der Waals surface area contributed by atoms with Crippen molar-refractivity contribution in [1.29, 1.82) is 0 Å². The number of carbonyl (C=O) groups excluding carboxylic acids is 1. The Morgan fingerprint density at radius 2 is 1.55 bits per heavy atom. The van der Waals surface area contributed by atoms with Crippen molar-refractivity contribution in [3.63, 3.8) is 0 Å². The fourth-order valence-corrected chi connectivity index (χ4v) is 2.34. The van der Waals surface area contributed by atoms with Crippen LogP contribution in [0.1, 0.15) is 28.9 Å². The van der Waals surface area contributed by atoms with Crippen LogP contribution in [-0.4, -0.2) is 43.9 Å². The van der Waals surface area contributed by atoms with E-state index in [1.54, 1.807) is 19.0 Å². The van der Waals surface area contributed by atoms with Crippen molar-refractivity contribution in [3.05, 3.63) is 59.7 Å². The van der Waals surface area contributed by atoms with Gasteiger partial charge in [0.25, 0.3) is 5.91 Å². The molecule has 1 atom stereocenters. The van der Waals surface area contributed by atoms with Crippen molar-refractivity contribution in [1.82, 2.24) is 9.80 Å². The number of nitrogens with zero attached hydrogens (tertiary/aromatic N) is 2. The van der Waals surface area contributed by atoms with Crippen LogP contribution < -0.4 is 0 Å². The van der Waals surface area contributed by atoms with Crippen LogP contribution in [0.25, 0.3) is 11.1 Å². The maximum absolute atomic E-state index is 11.9. The first-order valence-corrected chi connectivity index (χ1v) is 7.48. The largest absolute Gasteiger partial charge is 0.345 e. The summed E-state index contributed by atoms with van der Waals surface area (Å²) >= 11 is 0. The summed E-state index contributed by atoms with van der Waals surface area (Å²) in [4.78, 5) is 15.7. The summed E-state index contributed by atoms with van der Waals surface area (Å²) in [7, 11) is 7.70. The zero-order valence-corrected chi connectivity index (χ0v) is 14.0. The molecule has 0 unspecified atom stereocenters. The molecule has 0 saturated heterocycles. The highest BCUT2D eigenvalue weighted by Crippen LogP contribution is 2.25. The van der Waals surface area contributed by atoms with Gasteiger partial charge in [-0.2, -0.15) is 0 Å². The summed E-state index contributed by atoms with van der Waals surface area (Å²) in [5.41, 5.74) is 4.31. The first kappa shape index (κ1) is 16.2. The lowest BCUT2D eigenvalue weighted by Gasteiger charge is -2.20. The fraction of sp³-hybridized carbons (Fsp3) is 0.316. The Morgan fingerprint density at radius 3 is 2.09 bits per heavy atom. The Bertz CT molecular complexity index is 645. The Balaban J connectivity index is 2.29. The van der Waals surface area contributed by atoms with Gasteiger partial charge in [-0.05, 0) is 55.9 Å². The second-order valence-electron chi connectivity index (χ2n) is 6.04. The van der Waals surface area contributed by atoms with Crippen LogP contribution in [0.2, 0.25) is 0 Å². The van der Waals surface area contributed by atoms with Gasteiger partial charge >= 0.3 is 0 Å². The predicted octanol–water partition coefficient (Wildman–Crippen LogP) is 3.68. The molecule has 0 aliphatic carbocycles. The molecule has 0 aliphatic rings. The number of benzene rings is 2. The molecule has 0 aliphatic heterocycles. The van der Waals surface area contributed by atoms with E-state index in [2.05, 4.69) is 50.2 Å². The van der Waals surface area contributed by atoms with Gasteiger partial charge in [0.1, 0.15) is 0 Å². The van der Waals surface area contributed by atoms with Gasteiger partial charge in [-0.15, -0.1) is 0 Å². The summed E-state index contributed by atoms with van der Waals surface area (Å²) in [5, 5.41) is 0. The third-order valence-electron chi connectivity index (χ3n) is 4.01. The Labute approximate surface area is 133 Å². The molecule has 0 fully saturated rings. The topological polar surface area (TPSA) is 23.6 Å². The number of hydrogen-bond donors (Lipinski definition) is 0. The molecule has 2 rings (SSSR count). The molecule has 1 amide bonds. The minimum atomic E-state index is 0.0292. The van der Waals surface area contributed by atoms with Crippen molar-refractivity contribution in [2.75, 3.05) is 28.2 Å². The standard InChI is InChI=1S/C19H24N2O/c1-14(20(2)3)17-7-6-8-18(13-17)15-9-11-16(12-10-15)19(22)21(4)5/h6-14H,1-5H3/t14-/m1/s1. The Hall–Kier alpha value is -2.13. The summed E-state index contributed by atoms with van der Waals surface area (Å²) in [5.74, 6) is 0.0292. The fourth-order valence-electron chi connectivity index (χ4n) is 2.34. The van der Waals surface area contributed by atoms with Gasteiger partial charge in [0.05, 0.1) is 0 Å². The molecule has 0 saturated carbocycles. The highest BCUT2D eigenvalue weighted by molar-refractivity contribution is 5.94. The van der Waals surface area contributed by atoms with Crippen LogP contribution in [0.15, 0.2) is 48.5 Å². The van der Waals surface area contributed by atoms with Crippen molar-refractivity contribution in [3.8, 4) is 11.1 Å². The molecule has 22 heavy (non-hydrogen) atoms. The normalized spacial score (nSPS) is 12.3. The molecule has 0 bridgehead atoms. The van der Waals surface area contributed by atoms with Crippen LogP contribution in [0.4, 0.5) is 0 Å². The maximum atomic E-state index is 11.9. The van der Waals surface area contributed by atoms with Gasteiger partial charge in [0, 0.05) is 25.7 Å². The average Bonchev–Trinajstić information content (AvgIpc) is 2.53. The minimum absolute atomic E-state index is 0.0292. The van der Waals surface area contributed by atoms with Crippen LogP contribution in [-0.2, 0) is 0 Å². The molecule has 3 nitrogen and oxygen atoms in total. The molecular weight excluding hydrogens is 272 g/mol. The van der Waals surface area contributed by atoms with Crippen molar-refractivity contribution >= 4 is 5.91 Å². The zero-order valence-electron chi connectivity index (χ0n) is 14.0. The quantitative estimate of drug-likeness (QED) is 0.859. The molecule has 0 heterocycles. The second kappa shape index (κ2) is 6.75. The maximum Gasteiger partial charge on any atom is 0.253 e. The smallest absolute Gasteiger partial charge is 0.253 e. The minimum Gasteiger partial charge on any atom is -0.345 e. The molecule has 2 aromatic rings. The van der Waals surface area contributed by atoms with Crippen LogP contribution in [0, 0.1) is 0 Å². The lowest BCUT2D eigenvalue weighted by atomic mass is 9.99. The average molecular weight is 296 g/mol. The molecule has 0 aromatic heterocycles. The molecule has 116 valence electrons. The summed E-state index contributed by atoms with van der Waals surface area (Å²) in [6.45, 7) is 2.19. The van der Waals surface area contributed by atoms with Gasteiger partial charge in [-0.1, -0.05) is 30.3 Å². The highest BCUT2D eigenvalue weighted by Gasteiger charge is 2.10. The van der Waals surface area contributed by atoms with Gasteiger partial charge in [-0.3, -0.25) is 4.79 Å². The number of rotatable bonds is 4. The van der Waals surface area contributed by atoms with Crippen LogP contribution >= 0.6 is 0 Å². The molecule has 2 aromatic carbocycles. The summed E-state index contributed by atoms with van der Waals surface area (Å²) < 4.78 is 0. The van der Waals surface area contributed by atoms with Gasteiger partial charge in [0.15, 0.2) is 0 Å². The molecule has 3 heteroatoms. The SMILES string of the molecule is C[C@H](c1cccc(-c2ccc(C(=O)N(C)C)cc2)c1)N(C)C. The first-order valence-electron chi connectivity index (χ1n) is 7.48. The van der Waals surface area contributed by atoms with Gasteiger partial charge < -0.3 is 9.80 Å². The highest BCUT2D eigenvalue weighted by atomic mass is 16.2. The van der Waals surface area contributed by atoms with Crippen molar-refractivity contribution in [2.24, 2.45) is 0 Å². The first-order chi connectivity index (χ1) is 10.4. The second-order valence-corrected chi connectivity index (χ2v) is 6.04. The molecule has 0 N–H and O–H groups in total. The van der Waals surface area contributed by atoms with E-state index in [0.29, 0.717) is 11.6 Å². The van der Waals surface area contributed by atoms with Crippen molar-refractivity contribution in [2.45, 2.75) is 13.0 Å². The van der Waals surface area contributed by atoms with E-state index in [0.717, 1.165) is 5.56 Å². The Morgan fingerprint density at radius 1 is 0.909 bits per heavy atom. The number of amides is 1. The van der Waals surface area contributed by atoms with Gasteiger partial charge in [-0.25, -0.2) is 0 Å². The van der Waals surface area contributed by atoms with E-state index in [9.17, 15) is 4.79 Å². The predicted molar refractivity (Wildman–Crippen MR) is 92.0 cm³/mol. The Kier molecular flexibility index (Phi) is 4.99. The summed E-state index contributed by atoms with van der Waals surface area (Å²) in [6, 6.07) is 16.7. The van der Waals surface area contributed by atoms with E-state index in [1.165, 1.54) is 11.1 Å². The molecular formula is C19H24N2O. The van der Waals surface area contributed by atoms with Gasteiger partial charge in [0.2, 0.25) is 0 Å². The number of carbonyl (C=O) groups is 1.